The van der Waals surface area contributed by atoms with Crippen molar-refractivity contribution in [2.75, 3.05) is 30.1 Å². The van der Waals surface area contributed by atoms with Crippen LogP contribution in [0, 0.1) is 0 Å². The minimum absolute atomic E-state index is 0.0617. The van der Waals surface area contributed by atoms with E-state index >= 15 is 0 Å². The monoisotopic (exact) mass is 470 g/mol. The highest BCUT2D eigenvalue weighted by molar-refractivity contribution is 7.93. The van der Waals surface area contributed by atoms with E-state index < -0.39 is 15.8 Å². The highest BCUT2D eigenvalue weighted by Gasteiger charge is 2.13. The second-order valence-corrected chi connectivity index (χ2v) is 9.43. The number of nitrogens with zero attached hydrogens (tertiary/aromatic N) is 4. The molecule has 174 valence electrons. The lowest BCUT2D eigenvalue weighted by Crippen LogP contribution is -2.21. The van der Waals surface area contributed by atoms with E-state index in [1.807, 2.05) is 19.1 Å². The predicted octanol–water partition coefficient (Wildman–Crippen LogP) is 3.69. The SMILES string of the molecule is CCOC(=O)N=S(C)(=O)c1ccc(Nc2ncc(-c3cccnc3)c(N[C@H](C)CO)n2)cc1. The fourth-order valence-electron chi connectivity index (χ4n) is 2.83. The number of aliphatic hydroxyl groups excluding tert-OH is 1. The largest absolute Gasteiger partial charge is 0.448 e. The van der Waals surface area contributed by atoms with E-state index in [-0.39, 0.29) is 19.3 Å². The highest BCUT2D eigenvalue weighted by atomic mass is 32.2. The topological polar surface area (TPSA) is 139 Å². The smallest absolute Gasteiger partial charge is 0.442 e. The molecule has 1 unspecified atom stereocenters. The zero-order chi connectivity index (χ0) is 23.8. The lowest BCUT2D eigenvalue weighted by Gasteiger charge is -2.16. The highest BCUT2D eigenvalue weighted by Crippen LogP contribution is 2.27. The summed E-state index contributed by atoms with van der Waals surface area (Å²) in [5.74, 6) is 0.875. The maximum absolute atomic E-state index is 12.7. The molecule has 1 amide bonds. The maximum Gasteiger partial charge on any atom is 0.442 e. The van der Waals surface area contributed by atoms with Gasteiger partial charge in [-0.2, -0.15) is 4.98 Å². The van der Waals surface area contributed by atoms with Crippen molar-refractivity contribution < 1.29 is 18.8 Å². The molecule has 33 heavy (non-hydrogen) atoms. The van der Waals surface area contributed by atoms with Crippen LogP contribution in [0.4, 0.5) is 22.2 Å². The lowest BCUT2D eigenvalue weighted by molar-refractivity contribution is 0.164. The summed E-state index contributed by atoms with van der Waals surface area (Å²) in [7, 11) is -2.93. The molecule has 2 atom stereocenters. The van der Waals surface area contributed by atoms with Gasteiger partial charge in [-0.25, -0.2) is 14.0 Å². The third-order valence-electron chi connectivity index (χ3n) is 4.48. The van der Waals surface area contributed by atoms with Gasteiger partial charge in [0.05, 0.1) is 22.9 Å². The average molecular weight is 471 g/mol. The van der Waals surface area contributed by atoms with Gasteiger partial charge in [-0.1, -0.05) is 6.07 Å². The summed E-state index contributed by atoms with van der Waals surface area (Å²) in [4.78, 5) is 25.1. The molecule has 3 N–H and O–H groups in total. The number of benzene rings is 1. The molecule has 0 spiro atoms. The quantitative estimate of drug-likeness (QED) is 0.450. The summed E-state index contributed by atoms with van der Waals surface area (Å²) in [6, 6.07) is 10.1. The fourth-order valence-corrected chi connectivity index (χ4v) is 3.91. The van der Waals surface area contributed by atoms with Crippen LogP contribution in [0.25, 0.3) is 11.1 Å². The summed E-state index contributed by atoms with van der Waals surface area (Å²) >= 11 is 0. The molecule has 0 saturated heterocycles. The number of hydrogen-bond donors (Lipinski definition) is 3. The minimum Gasteiger partial charge on any atom is -0.448 e. The lowest BCUT2D eigenvalue weighted by atomic mass is 10.1. The Bertz CT molecular complexity index is 1210. The average Bonchev–Trinajstić information content (AvgIpc) is 2.80. The van der Waals surface area contributed by atoms with E-state index in [4.69, 9.17) is 4.74 Å². The normalized spacial score (nSPS) is 13.5. The van der Waals surface area contributed by atoms with Crippen molar-refractivity contribution in [1.82, 2.24) is 15.0 Å². The second kappa shape index (κ2) is 10.8. The van der Waals surface area contributed by atoms with Crippen molar-refractivity contribution in [1.29, 1.82) is 0 Å². The van der Waals surface area contributed by atoms with E-state index in [9.17, 15) is 14.1 Å². The number of aliphatic hydroxyl groups is 1. The molecule has 0 fully saturated rings. The third-order valence-corrected chi connectivity index (χ3v) is 6.13. The van der Waals surface area contributed by atoms with Gasteiger partial charge in [0.1, 0.15) is 5.82 Å². The maximum atomic E-state index is 12.7. The number of nitrogens with one attached hydrogen (secondary N) is 2. The molecule has 2 aromatic heterocycles. The molecule has 0 aliphatic carbocycles. The molecular formula is C22H26N6O4S. The molecule has 10 nitrogen and oxygen atoms in total. The Kier molecular flexibility index (Phi) is 7.91. The van der Waals surface area contributed by atoms with Gasteiger partial charge < -0.3 is 20.5 Å². The van der Waals surface area contributed by atoms with Crippen molar-refractivity contribution in [3.05, 3.63) is 55.0 Å². The number of pyridine rings is 1. The molecule has 3 rings (SSSR count). The van der Waals surface area contributed by atoms with Crippen LogP contribution in [0.1, 0.15) is 13.8 Å². The molecule has 2 heterocycles. The summed E-state index contributed by atoms with van der Waals surface area (Å²) in [6.07, 6.45) is 5.59. The summed E-state index contributed by atoms with van der Waals surface area (Å²) in [6.45, 7) is 3.59. The molecule has 0 radical (unpaired) electrons. The second-order valence-electron chi connectivity index (χ2n) is 7.17. The van der Waals surface area contributed by atoms with Crippen LogP contribution in [0.3, 0.4) is 0 Å². The number of amides is 1. The van der Waals surface area contributed by atoms with Crippen LogP contribution in [0.2, 0.25) is 0 Å². The number of hydrogen-bond acceptors (Lipinski definition) is 9. The van der Waals surface area contributed by atoms with Gasteiger partial charge in [0.15, 0.2) is 0 Å². The Balaban J connectivity index is 1.85. The molecule has 11 heteroatoms. The van der Waals surface area contributed by atoms with Gasteiger partial charge in [-0.3, -0.25) is 4.98 Å². The van der Waals surface area contributed by atoms with Gasteiger partial charge in [-0.05, 0) is 44.2 Å². The van der Waals surface area contributed by atoms with Gasteiger partial charge in [-0.15, -0.1) is 4.36 Å². The Morgan fingerprint density at radius 3 is 2.64 bits per heavy atom. The van der Waals surface area contributed by atoms with Crippen molar-refractivity contribution in [2.45, 2.75) is 24.8 Å². The molecule has 0 saturated carbocycles. The van der Waals surface area contributed by atoms with E-state index in [0.29, 0.717) is 22.3 Å². The summed E-state index contributed by atoms with van der Waals surface area (Å²) < 4.78 is 21.2. The van der Waals surface area contributed by atoms with Crippen molar-refractivity contribution in [3.8, 4) is 11.1 Å². The Hall–Kier alpha value is -3.57. The zero-order valence-electron chi connectivity index (χ0n) is 18.6. The van der Waals surface area contributed by atoms with Gasteiger partial charge >= 0.3 is 6.09 Å². The number of rotatable bonds is 8. The molecule has 1 aromatic carbocycles. The summed E-state index contributed by atoms with van der Waals surface area (Å²) in [5, 5.41) is 15.7. The standard InChI is InChI=1S/C22H26N6O4S/c1-4-32-22(30)28-33(3,31)18-9-7-17(8-10-18)26-21-24-13-19(16-6-5-11-23-12-16)20(27-21)25-15(2)14-29/h5-13,15,29H,4,14H2,1-3H3,(H2,24,25,26,27)/t15-,33?/m1/s1. The molecular weight excluding hydrogens is 444 g/mol. The van der Waals surface area contributed by atoms with Crippen molar-refractivity contribution in [3.63, 3.8) is 0 Å². The first-order valence-corrected chi connectivity index (χ1v) is 12.2. The molecule has 0 aliphatic rings. The first kappa shape index (κ1) is 24.1. The molecule has 0 bridgehead atoms. The van der Waals surface area contributed by atoms with Gasteiger partial charge in [0, 0.05) is 52.6 Å². The minimum atomic E-state index is -2.93. The number of carbonyl (C=O) groups excluding carboxylic acids is 1. The fraction of sp³-hybridized carbons (Fsp3) is 0.273. The van der Waals surface area contributed by atoms with Gasteiger partial charge in [0.25, 0.3) is 0 Å². The number of carbonyl (C=O) groups is 1. The van der Waals surface area contributed by atoms with E-state index in [1.165, 1.54) is 6.26 Å². The number of aromatic nitrogens is 3. The Labute approximate surface area is 192 Å². The van der Waals surface area contributed by atoms with Crippen molar-refractivity contribution >= 4 is 33.3 Å². The van der Waals surface area contributed by atoms with Crippen LogP contribution >= 0.6 is 0 Å². The summed E-state index contributed by atoms with van der Waals surface area (Å²) in [5.41, 5.74) is 2.24. The van der Waals surface area contributed by atoms with Crippen LogP contribution in [-0.2, 0) is 14.5 Å². The predicted molar refractivity (Wildman–Crippen MR) is 127 cm³/mol. The van der Waals surface area contributed by atoms with Crippen LogP contribution in [0.15, 0.2) is 64.2 Å². The van der Waals surface area contributed by atoms with E-state index in [2.05, 4.69) is 29.9 Å². The van der Waals surface area contributed by atoms with Crippen LogP contribution < -0.4 is 10.6 Å². The van der Waals surface area contributed by atoms with Crippen molar-refractivity contribution in [2.24, 2.45) is 4.36 Å². The molecule has 0 aliphatic heterocycles. The Morgan fingerprint density at radius 2 is 2.00 bits per heavy atom. The van der Waals surface area contributed by atoms with Gasteiger partial charge in [0.2, 0.25) is 5.95 Å². The first-order chi connectivity index (χ1) is 15.8. The zero-order valence-corrected chi connectivity index (χ0v) is 19.4. The Morgan fingerprint density at radius 1 is 1.24 bits per heavy atom. The van der Waals surface area contributed by atoms with E-state index in [0.717, 1.165) is 11.1 Å². The van der Waals surface area contributed by atoms with Crippen LogP contribution in [0.5, 0.6) is 0 Å². The first-order valence-electron chi connectivity index (χ1n) is 10.2. The molecule has 3 aromatic rings. The third kappa shape index (κ3) is 6.46. The number of ether oxygens (including phenoxy) is 1. The number of anilines is 3. The van der Waals surface area contributed by atoms with Crippen LogP contribution in [-0.4, -0.2) is 55.9 Å². The van der Waals surface area contributed by atoms with E-state index in [1.54, 1.807) is 49.8 Å².